The van der Waals surface area contributed by atoms with Gasteiger partial charge in [-0.1, -0.05) is 6.92 Å². The zero-order chi connectivity index (χ0) is 14.4. The van der Waals surface area contributed by atoms with Crippen molar-refractivity contribution in [3.05, 3.63) is 12.0 Å². The molecule has 0 aromatic carbocycles. The molecule has 0 atom stereocenters. The molecule has 1 saturated heterocycles. The lowest BCUT2D eigenvalue weighted by atomic mass is 10.3. The summed E-state index contributed by atoms with van der Waals surface area (Å²) in [4.78, 5) is 9.17. The van der Waals surface area contributed by atoms with E-state index in [1.54, 1.807) is 0 Å². The Hall–Kier alpha value is -0.960. The van der Waals surface area contributed by atoms with Crippen LogP contribution < -0.4 is 10.0 Å². The molecule has 20 heavy (non-hydrogen) atoms. The molecule has 8 heteroatoms. The minimum atomic E-state index is -3.45. The van der Waals surface area contributed by atoms with Gasteiger partial charge in [0, 0.05) is 39.1 Å². The standard InChI is InChI=1S/C12H23N5O2S/c1-2-11-14-10-12(16-11)20(18,19)15-4-3-7-17-8-5-13-6-9-17/h10,13,15H,2-9H2,1H3,(H,14,16). The predicted molar refractivity (Wildman–Crippen MR) is 77.1 cm³/mol. The van der Waals surface area contributed by atoms with Gasteiger partial charge in [-0.05, 0) is 13.0 Å². The van der Waals surface area contributed by atoms with E-state index < -0.39 is 10.0 Å². The highest BCUT2D eigenvalue weighted by Gasteiger charge is 2.16. The van der Waals surface area contributed by atoms with Gasteiger partial charge in [0.15, 0.2) is 5.03 Å². The number of H-pyrrole nitrogens is 1. The van der Waals surface area contributed by atoms with E-state index in [4.69, 9.17) is 0 Å². The molecule has 3 N–H and O–H groups in total. The summed E-state index contributed by atoms with van der Waals surface area (Å²) in [7, 11) is -3.45. The number of aromatic nitrogens is 2. The van der Waals surface area contributed by atoms with Crippen LogP contribution in [0.25, 0.3) is 0 Å². The summed E-state index contributed by atoms with van der Waals surface area (Å²) in [6, 6.07) is 0. The highest BCUT2D eigenvalue weighted by molar-refractivity contribution is 7.89. The van der Waals surface area contributed by atoms with E-state index in [-0.39, 0.29) is 5.03 Å². The third kappa shape index (κ3) is 4.27. The lowest BCUT2D eigenvalue weighted by Crippen LogP contribution is -2.44. The molecule has 0 unspecified atom stereocenters. The van der Waals surface area contributed by atoms with Crippen molar-refractivity contribution in [3.8, 4) is 0 Å². The monoisotopic (exact) mass is 301 g/mol. The first-order chi connectivity index (χ1) is 9.62. The lowest BCUT2D eigenvalue weighted by molar-refractivity contribution is 0.239. The highest BCUT2D eigenvalue weighted by atomic mass is 32.2. The number of nitrogens with one attached hydrogen (secondary N) is 3. The molecular formula is C12H23N5O2S. The maximum Gasteiger partial charge on any atom is 0.257 e. The first kappa shape index (κ1) is 15.4. The van der Waals surface area contributed by atoms with Crippen molar-refractivity contribution in [2.45, 2.75) is 24.8 Å². The molecule has 0 saturated carbocycles. The van der Waals surface area contributed by atoms with E-state index in [0.717, 1.165) is 39.1 Å². The lowest BCUT2D eigenvalue weighted by Gasteiger charge is -2.26. The fourth-order valence-electron chi connectivity index (χ4n) is 2.18. The van der Waals surface area contributed by atoms with Gasteiger partial charge in [0.25, 0.3) is 10.0 Å². The molecule has 0 radical (unpaired) electrons. The van der Waals surface area contributed by atoms with Crippen LogP contribution in [0.15, 0.2) is 11.2 Å². The molecule has 2 rings (SSSR count). The number of piperazine rings is 1. The molecule has 1 aromatic rings. The molecule has 1 aliphatic heterocycles. The summed E-state index contributed by atoms with van der Waals surface area (Å²) in [6.45, 7) is 7.40. The van der Waals surface area contributed by atoms with Gasteiger partial charge in [-0.25, -0.2) is 18.1 Å². The average Bonchev–Trinajstić information content (AvgIpc) is 2.95. The van der Waals surface area contributed by atoms with Gasteiger partial charge in [-0.2, -0.15) is 0 Å². The summed E-state index contributed by atoms with van der Waals surface area (Å²) in [6.07, 6.45) is 2.88. The van der Waals surface area contributed by atoms with E-state index in [0.29, 0.717) is 18.8 Å². The SMILES string of the molecule is CCc1ncc(S(=O)(=O)NCCCN2CCNCC2)[nH]1. The Morgan fingerprint density at radius 1 is 1.40 bits per heavy atom. The summed E-state index contributed by atoms with van der Waals surface area (Å²) in [5.41, 5.74) is 0. The number of hydrogen-bond donors (Lipinski definition) is 3. The molecule has 2 heterocycles. The van der Waals surface area contributed by atoms with E-state index in [9.17, 15) is 8.42 Å². The van der Waals surface area contributed by atoms with Crippen LogP contribution >= 0.6 is 0 Å². The van der Waals surface area contributed by atoms with Crippen molar-refractivity contribution in [1.29, 1.82) is 0 Å². The number of hydrogen-bond acceptors (Lipinski definition) is 5. The number of aryl methyl sites for hydroxylation is 1. The van der Waals surface area contributed by atoms with Crippen molar-refractivity contribution in [1.82, 2.24) is 24.9 Å². The minimum absolute atomic E-state index is 0.150. The van der Waals surface area contributed by atoms with Crippen molar-refractivity contribution in [2.75, 3.05) is 39.3 Å². The molecule has 0 aliphatic carbocycles. The smallest absolute Gasteiger partial charge is 0.257 e. The van der Waals surface area contributed by atoms with Gasteiger partial charge >= 0.3 is 0 Å². The third-order valence-corrected chi connectivity index (χ3v) is 4.75. The van der Waals surface area contributed by atoms with Gasteiger partial charge in [0.2, 0.25) is 0 Å². The first-order valence-electron chi connectivity index (χ1n) is 7.08. The number of aromatic amines is 1. The molecule has 1 fully saturated rings. The number of sulfonamides is 1. The third-order valence-electron chi connectivity index (χ3n) is 3.38. The Morgan fingerprint density at radius 3 is 2.80 bits per heavy atom. The normalized spacial score (nSPS) is 17.4. The fourth-order valence-corrected chi connectivity index (χ4v) is 3.19. The molecule has 0 amide bonds. The fraction of sp³-hybridized carbons (Fsp3) is 0.750. The Bertz CT molecular complexity index is 508. The maximum absolute atomic E-state index is 12.0. The molecule has 0 spiro atoms. The summed E-state index contributed by atoms with van der Waals surface area (Å²) >= 11 is 0. The van der Waals surface area contributed by atoms with Gasteiger partial charge in [-0.3, -0.25) is 0 Å². The van der Waals surface area contributed by atoms with E-state index in [1.807, 2.05) is 6.92 Å². The molecule has 7 nitrogen and oxygen atoms in total. The zero-order valence-corrected chi connectivity index (χ0v) is 12.7. The minimum Gasteiger partial charge on any atom is -0.332 e. The van der Waals surface area contributed by atoms with Gasteiger partial charge in [0.05, 0.1) is 6.20 Å². The van der Waals surface area contributed by atoms with Gasteiger partial charge in [-0.15, -0.1) is 0 Å². The molecule has 114 valence electrons. The Balaban J connectivity index is 1.74. The molecule has 1 aromatic heterocycles. The van der Waals surface area contributed by atoms with Crippen LogP contribution in [0.3, 0.4) is 0 Å². The van der Waals surface area contributed by atoms with Crippen molar-refractivity contribution >= 4 is 10.0 Å². The maximum atomic E-state index is 12.0. The number of rotatable bonds is 7. The largest absolute Gasteiger partial charge is 0.332 e. The predicted octanol–water partition coefficient (Wildman–Crippen LogP) is -0.454. The van der Waals surface area contributed by atoms with Crippen LogP contribution in [0.2, 0.25) is 0 Å². The quantitative estimate of drug-likeness (QED) is 0.593. The van der Waals surface area contributed by atoms with E-state index in [2.05, 4.69) is 24.9 Å². The Morgan fingerprint density at radius 2 is 2.15 bits per heavy atom. The van der Waals surface area contributed by atoms with Crippen LogP contribution in [0.1, 0.15) is 19.2 Å². The van der Waals surface area contributed by atoms with Crippen LogP contribution in [-0.4, -0.2) is 62.6 Å². The average molecular weight is 301 g/mol. The van der Waals surface area contributed by atoms with Crippen LogP contribution in [-0.2, 0) is 16.4 Å². The van der Waals surface area contributed by atoms with Crippen LogP contribution in [0, 0.1) is 0 Å². The first-order valence-corrected chi connectivity index (χ1v) is 8.57. The number of imidazole rings is 1. The van der Waals surface area contributed by atoms with E-state index >= 15 is 0 Å². The Labute approximate surface area is 120 Å². The summed E-state index contributed by atoms with van der Waals surface area (Å²) in [5.74, 6) is 0.686. The second kappa shape index (κ2) is 7.16. The molecule has 0 bridgehead atoms. The summed E-state index contributed by atoms with van der Waals surface area (Å²) in [5, 5.41) is 3.44. The zero-order valence-electron chi connectivity index (χ0n) is 11.9. The van der Waals surface area contributed by atoms with E-state index in [1.165, 1.54) is 6.20 Å². The van der Waals surface area contributed by atoms with Crippen LogP contribution in [0.4, 0.5) is 0 Å². The topological polar surface area (TPSA) is 90.1 Å². The van der Waals surface area contributed by atoms with Crippen molar-refractivity contribution in [3.63, 3.8) is 0 Å². The molecular weight excluding hydrogens is 278 g/mol. The van der Waals surface area contributed by atoms with Gasteiger partial charge < -0.3 is 15.2 Å². The Kier molecular flexibility index (Phi) is 5.53. The highest BCUT2D eigenvalue weighted by Crippen LogP contribution is 2.05. The second-order valence-electron chi connectivity index (χ2n) is 4.89. The van der Waals surface area contributed by atoms with Gasteiger partial charge in [0.1, 0.15) is 5.82 Å². The van der Waals surface area contributed by atoms with Crippen molar-refractivity contribution in [2.24, 2.45) is 0 Å². The summed E-state index contributed by atoms with van der Waals surface area (Å²) < 4.78 is 26.6. The van der Waals surface area contributed by atoms with Crippen LogP contribution in [0.5, 0.6) is 0 Å². The molecule has 1 aliphatic rings. The van der Waals surface area contributed by atoms with Crippen molar-refractivity contribution < 1.29 is 8.42 Å². The second-order valence-corrected chi connectivity index (χ2v) is 6.63. The number of nitrogens with zero attached hydrogens (tertiary/aromatic N) is 2.